The maximum Gasteiger partial charge on any atom is 0.460 e. The predicted molar refractivity (Wildman–Crippen MR) is 99.1 cm³/mol. The number of aryl methyl sites for hydroxylation is 1. The Bertz CT molecular complexity index is 500. The highest BCUT2D eigenvalue weighted by Crippen LogP contribution is 2.43. The monoisotopic (exact) mass is 334 g/mol. The van der Waals surface area contributed by atoms with Crippen LogP contribution in [0.4, 0.5) is 0 Å². The Balaban J connectivity index is 2.16. The van der Waals surface area contributed by atoms with Gasteiger partial charge in [0.25, 0.3) is 0 Å². The number of rotatable bonds is 6. The summed E-state index contributed by atoms with van der Waals surface area (Å²) < 4.78 is 18.6. The Morgan fingerprint density at radius 1 is 1.04 bits per heavy atom. The van der Waals surface area contributed by atoms with Gasteiger partial charge in [-0.2, -0.15) is 0 Å². The van der Waals surface area contributed by atoms with Gasteiger partial charge in [-0.25, -0.2) is 0 Å². The van der Waals surface area contributed by atoms with E-state index < -0.39 is 8.32 Å². The molecular formula is C18H31BO3Si. The van der Waals surface area contributed by atoms with E-state index in [2.05, 4.69) is 71.1 Å². The van der Waals surface area contributed by atoms with Crippen molar-refractivity contribution in [1.29, 1.82) is 0 Å². The van der Waals surface area contributed by atoms with Gasteiger partial charge in [0.05, 0.1) is 11.2 Å². The molecule has 23 heavy (non-hydrogen) atoms. The molecule has 0 amide bonds. The molecule has 2 rings (SSSR count). The minimum atomic E-state index is -1.90. The fraction of sp³-hybridized carbons (Fsp3) is 0.667. The van der Waals surface area contributed by atoms with E-state index >= 15 is 0 Å². The first-order valence-electron chi connectivity index (χ1n) is 8.54. The van der Waals surface area contributed by atoms with Crippen LogP contribution in [-0.4, -0.2) is 33.7 Å². The van der Waals surface area contributed by atoms with Crippen LogP contribution in [0, 0.1) is 0 Å². The maximum absolute atomic E-state index is 6.34. The van der Waals surface area contributed by atoms with Crippen molar-refractivity contribution in [3.8, 4) is 0 Å². The van der Waals surface area contributed by atoms with Crippen LogP contribution in [0.5, 0.6) is 0 Å². The summed E-state index contributed by atoms with van der Waals surface area (Å²) in [7, 11) is -0.264. The first-order valence-corrected chi connectivity index (χ1v) is 11.5. The number of hydrogen-bond acceptors (Lipinski definition) is 3. The zero-order valence-electron chi connectivity index (χ0n) is 15.7. The number of benzene rings is 1. The summed E-state index contributed by atoms with van der Waals surface area (Å²) in [5.74, 6) is 0. The van der Waals surface area contributed by atoms with Gasteiger partial charge in [0.2, 0.25) is 0 Å². The van der Waals surface area contributed by atoms with Crippen molar-refractivity contribution in [1.82, 2.24) is 0 Å². The molecule has 0 spiro atoms. The summed E-state index contributed by atoms with van der Waals surface area (Å²) in [5, 5.41) is 0. The van der Waals surface area contributed by atoms with E-state index in [0.717, 1.165) is 12.8 Å². The molecule has 0 radical (unpaired) electrons. The molecule has 1 heterocycles. The van der Waals surface area contributed by atoms with Gasteiger partial charge in [-0.1, -0.05) is 30.3 Å². The Morgan fingerprint density at radius 2 is 1.57 bits per heavy atom. The average Bonchev–Trinajstić information content (AvgIpc) is 2.68. The van der Waals surface area contributed by atoms with Gasteiger partial charge in [0.15, 0.2) is 8.32 Å². The Kier molecular flexibility index (Phi) is 5.46. The van der Waals surface area contributed by atoms with Crippen molar-refractivity contribution in [2.75, 3.05) is 7.11 Å². The molecule has 0 bridgehead atoms. The van der Waals surface area contributed by atoms with Crippen molar-refractivity contribution in [2.24, 2.45) is 0 Å². The molecule has 0 saturated carbocycles. The zero-order valence-corrected chi connectivity index (χ0v) is 16.7. The molecule has 1 atom stereocenters. The van der Waals surface area contributed by atoms with Crippen LogP contribution in [0.15, 0.2) is 30.3 Å². The molecule has 1 aliphatic heterocycles. The molecule has 1 aromatic rings. The van der Waals surface area contributed by atoms with E-state index in [-0.39, 0.29) is 18.3 Å². The lowest BCUT2D eigenvalue weighted by Gasteiger charge is -2.32. The highest BCUT2D eigenvalue weighted by atomic mass is 28.4. The van der Waals surface area contributed by atoms with Crippen LogP contribution >= 0.6 is 0 Å². The maximum atomic E-state index is 6.34. The smallest absolute Gasteiger partial charge is 0.421 e. The van der Waals surface area contributed by atoms with Gasteiger partial charge in [0.1, 0.15) is 0 Å². The Morgan fingerprint density at radius 3 is 2.04 bits per heavy atom. The highest BCUT2D eigenvalue weighted by molar-refractivity contribution is 6.83. The lowest BCUT2D eigenvalue weighted by atomic mass is 9.80. The predicted octanol–water partition coefficient (Wildman–Crippen LogP) is 4.47. The standard InChI is InChI=1S/C18H31BO3Si/c1-17(2)18(3,4)22-19(21-17)16(23(6,7)20-5)14-13-15-11-9-8-10-12-15/h8-12,16H,13-14H2,1-7H3/t16-/m1/s1. The SMILES string of the molecule is CO[Si](C)(C)[C@H](CCc1ccccc1)B1OC(C)(C)C(C)(C)O1. The van der Waals surface area contributed by atoms with Gasteiger partial charge in [-0.05, 0) is 59.2 Å². The normalized spacial score (nSPS) is 21.4. The second kappa shape index (κ2) is 6.71. The first kappa shape index (κ1) is 18.7. The third-order valence-corrected chi connectivity index (χ3v) is 9.00. The fourth-order valence-electron chi connectivity index (χ4n) is 2.98. The lowest BCUT2D eigenvalue weighted by molar-refractivity contribution is 0.00578. The van der Waals surface area contributed by atoms with Crippen molar-refractivity contribution in [3.63, 3.8) is 0 Å². The molecule has 1 saturated heterocycles. The molecule has 5 heteroatoms. The molecule has 128 valence electrons. The Hall–Kier alpha value is -0.618. The van der Waals surface area contributed by atoms with Gasteiger partial charge in [-0.3, -0.25) is 0 Å². The summed E-state index contributed by atoms with van der Waals surface area (Å²) >= 11 is 0. The minimum absolute atomic E-state index is 0.190. The largest absolute Gasteiger partial charge is 0.460 e. The summed E-state index contributed by atoms with van der Waals surface area (Å²) in [6.45, 7) is 13.0. The average molecular weight is 334 g/mol. The molecular weight excluding hydrogens is 303 g/mol. The van der Waals surface area contributed by atoms with Crippen LogP contribution in [0.3, 0.4) is 0 Å². The molecule has 1 aliphatic rings. The molecule has 3 nitrogen and oxygen atoms in total. The van der Waals surface area contributed by atoms with E-state index in [0.29, 0.717) is 5.44 Å². The van der Waals surface area contributed by atoms with Crippen LogP contribution < -0.4 is 0 Å². The van der Waals surface area contributed by atoms with E-state index in [1.165, 1.54) is 5.56 Å². The molecule has 0 aromatic heterocycles. The van der Waals surface area contributed by atoms with E-state index in [1.54, 1.807) is 0 Å². The van der Waals surface area contributed by atoms with E-state index in [1.807, 2.05) is 7.11 Å². The third-order valence-electron chi connectivity index (χ3n) is 5.61. The van der Waals surface area contributed by atoms with Crippen LogP contribution in [0.1, 0.15) is 39.7 Å². The first-order chi connectivity index (χ1) is 10.6. The van der Waals surface area contributed by atoms with Crippen molar-refractivity contribution < 1.29 is 13.7 Å². The molecule has 1 fully saturated rings. The second-order valence-corrected chi connectivity index (χ2v) is 12.4. The third kappa shape index (κ3) is 4.08. The fourth-order valence-corrected chi connectivity index (χ4v) is 4.92. The minimum Gasteiger partial charge on any atom is -0.421 e. The van der Waals surface area contributed by atoms with Gasteiger partial charge < -0.3 is 13.7 Å². The molecule has 0 N–H and O–H groups in total. The molecule has 1 aromatic carbocycles. The Labute approximate surface area is 143 Å². The van der Waals surface area contributed by atoms with Gasteiger partial charge >= 0.3 is 7.12 Å². The second-order valence-electron chi connectivity index (χ2n) is 8.06. The highest BCUT2D eigenvalue weighted by Gasteiger charge is 2.57. The molecule has 0 unspecified atom stereocenters. The van der Waals surface area contributed by atoms with Crippen LogP contribution in [0.25, 0.3) is 0 Å². The van der Waals surface area contributed by atoms with E-state index in [9.17, 15) is 0 Å². The topological polar surface area (TPSA) is 27.7 Å². The molecule has 0 aliphatic carbocycles. The van der Waals surface area contributed by atoms with E-state index in [4.69, 9.17) is 13.7 Å². The summed E-state index contributed by atoms with van der Waals surface area (Å²) in [5.41, 5.74) is 1.07. The number of hydrogen-bond donors (Lipinski definition) is 0. The zero-order chi connectivity index (χ0) is 17.3. The summed E-state index contributed by atoms with van der Waals surface area (Å²) in [6.07, 6.45) is 2.04. The van der Waals surface area contributed by atoms with Gasteiger partial charge in [-0.15, -0.1) is 0 Å². The van der Waals surface area contributed by atoms with Crippen molar-refractivity contribution >= 4 is 15.4 Å². The van der Waals surface area contributed by atoms with Crippen molar-refractivity contribution in [3.05, 3.63) is 35.9 Å². The van der Waals surface area contributed by atoms with Crippen molar-refractivity contribution in [2.45, 2.75) is 70.3 Å². The summed E-state index contributed by atoms with van der Waals surface area (Å²) in [4.78, 5) is 0. The van der Waals surface area contributed by atoms with Crippen LogP contribution in [-0.2, 0) is 20.2 Å². The van der Waals surface area contributed by atoms with Crippen LogP contribution in [0.2, 0.25) is 18.5 Å². The lowest BCUT2D eigenvalue weighted by Crippen LogP contribution is -2.45. The van der Waals surface area contributed by atoms with Gasteiger partial charge in [0, 0.05) is 12.6 Å². The quantitative estimate of drug-likeness (QED) is 0.718. The summed E-state index contributed by atoms with van der Waals surface area (Å²) in [6, 6.07) is 10.6.